The van der Waals surface area contributed by atoms with E-state index >= 15 is 0 Å². The highest BCUT2D eigenvalue weighted by Gasteiger charge is 2.18. The van der Waals surface area contributed by atoms with Gasteiger partial charge in [-0.25, -0.2) is 12.7 Å². The van der Waals surface area contributed by atoms with Crippen LogP contribution in [0.15, 0.2) is 52.3 Å². The van der Waals surface area contributed by atoms with Crippen molar-refractivity contribution in [3.05, 3.63) is 64.1 Å². The summed E-state index contributed by atoms with van der Waals surface area (Å²) in [4.78, 5) is 14.2. The molecule has 1 aromatic carbocycles. The smallest absolute Gasteiger partial charge is 0.251 e. The third-order valence-electron chi connectivity index (χ3n) is 4.23. The van der Waals surface area contributed by atoms with E-state index < -0.39 is 10.0 Å². The van der Waals surface area contributed by atoms with Crippen molar-refractivity contribution in [1.29, 1.82) is 0 Å². The minimum Gasteiger partial charge on any atom is -0.301 e. The molecule has 0 amide bonds. The first-order chi connectivity index (χ1) is 12.1. The maximum absolute atomic E-state index is 12.3. The molecule has 142 valence electrons. The molecule has 0 unspecified atom stereocenters. The minimum atomic E-state index is -3.57. The van der Waals surface area contributed by atoms with E-state index in [0.29, 0.717) is 19.1 Å². The molecule has 0 aliphatic rings. The van der Waals surface area contributed by atoms with E-state index in [1.165, 1.54) is 42.6 Å². The Kier molecular flexibility index (Phi) is 6.39. The van der Waals surface area contributed by atoms with Crippen molar-refractivity contribution in [2.24, 2.45) is 0 Å². The molecule has 0 atom stereocenters. The molecule has 0 saturated carbocycles. The summed E-state index contributed by atoms with van der Waals surface area (Å²) in [5.74, 6) is 0.488. The van der Waals surface area contributed by atoms with Crippen LogP contribution in [-0.4, -0.2) is 43.3 Å². The Hall–Kier alpha value is -1.96. The molecule has 2 aromatic rings. The summed E-state index contributed by atoms with van der Waals surface area (Å²) < 4.78 is 27.1. The van der Waals surface area contributed by atoms with Gasteiger partial charge in [0, 0.05) is 32.9 Å². The van der Waals surface area contributed by atoms with Gasteiger partial charge in [0.2, 0.25) is 10.0 Å². The fourth-order valence-electron chi connectivity index (χ4n) is 2.61. The second kappa shape index (κ2) is 8.16. The number of aromatic nitrogens is 1. The van der Waals surface area contributed by atoms with Crippen LogP contribution in [0.2, 0.25) is 0 Å². The first kappa shape index (κ1) is 20.4. The van der Waals surface area contributed by atoms with Crippen molar-refractivity contribution in [3.63, 3.8) is 0 Å². The van der Waals surface area contributed by atoms with E-state index in [-0.39, 0.29) is 10.5 Å². The number of nitrogens with zero attached hydrogens (tertiary/aromatic N) is 3. The highest BCUT2D eigenvalue weighted by molar-refractivity contribution is 7.89. The van der Waals surface area contributed by atoms with Gasteiger partial charge in [-0.3, -0.25) is 9.69 Å². The van der Waals surface area contributed by atoms with Crippen LogP contribution in [0, 0.1) is 0 Å². The van der Waals surface area contributed by atoms with E-state index in [2.05, 4.69) is 38.1 Å². The highest BCUT2D eigenvalue weighted by Crippen LogP contribution is 2.16. The third kappa shape index (κ3) is 4.81. The van der Waals surface area contributed by atoms with Gasteiger partial charge in [0.15, 0.2) is 0 Å². The molecule has 0 fully saturated rings. The Bertz CT molecular complexity index is 900. The largest absolute Gasteiger partial charge is 0.301 e. The Morgan fingerprint density at radius 1 is 1.00 bits per heavy atom. The van der Waals surface area contributed by atoms with Crippen molar-refractivity contribution < 1.29 is 8.42 Å². The predicted octanol–water partition coefficient (Wildman–Crippen LogP) is 2.31. The molecule has 6 nitrogen and oxygen atoms in total. The summed E-state index contributed by atoms with van der Waals surface area (Å²) in [6.07, 6.45) is 1.40. The van der Waals surface area contributed by atoms with Gasteiger partial charge >= 0.3 is 0 Å². The lowest BCUT2D eigenvalue weighted by molar-refractivity contribution is 0.255. The number of hydrogen-bond donors (Lipinski definition) is 0. The average Bonchev–Trinajstić information content (AvgIpc) is 2.57. The molecule has 0 spiro atoms. The fourth-order valence-corrected chi connectivity index (χ4v) is 3.54. The van der Waals surface area contributed by atoms with Crippen LogP contribution in [0.4, 0.5) is 0 Å². The first-order valence-corrected chi connectivity index (χ1v) is 9.95. The second-order valence-electron chi connectivity index (χ2n) is 7.01. The number of rotatable bonds is 7. The lowest BCUT2D eigenvalue weighted by Crippen LogP contribution is -2.30. The molecule has 0 aliphatic heterocycles. The summed E-state index contributed by atoms with van der Waals surface area (Å²) in [6, 6.07) is 11.0. The van der Waals surface area contributed by atoms with Gasteiger partial charge in [-0.15, -0.1) is 0 Å². The van der Waals surface area contributed by atoms with Gasteiger partial charge in [-0.05, 0) is 30.2 Å². The van der Waals surface area contributed by atoms with Crippen molar-refractivity contribution >= 4 is 10.0 Å². The predicted molar refractivity (Wildman–Crippen MR) is 104 cm³/mol. The molecule has 0 radical (unpaired) electrons. The van der Waals surface area contributed by atoms with Crippen LogP contribution in [-0.2, 0) is 23.2 Å². The second-order valence-corrected chi connectivity index (χ2v) is 9.16. The zero-order valence-corrected chi connectivity index (χ0v) is 16.8. The molecule has 1 heterocycles. The summed E-state index contributed by atoms with van der Waals surface area (Å²) in [7, 11) is 1.27. The standard InChI is InChI=1S/C19H27N3O3S/c1-15(2)17-8-6-16(7-9-17)12-21(5)14-22-13-18(10-11-19(22)23)26(24,25)20(3)4/h6-11,13,15H,12,14H2,1-5H3. The van der Waals surface area contributed by atoms with Crippen LogP contribution < -0.4 is 5.56 Å². The van der Waals surface area contributed by atoms with Crippen molar-refractivity contribution in [2.45, 2.75) is 37.9 Å². The Morgan fingerprint density at radius 2 is 1.62 bits per heavy atom. The molecule has 0 N–H and O–H groups in total. The van der Waals surface area contributed by atoms with Gasteiger partial charge in [0.1, 0.15) is 0 Å². The molecule has 0 bridgehead atoms. The summed E-state index contributed by atoms with van der Waals surface area (Å²) in [5.41, 5.74) is 2.20. The van der Waals surface area contributed by atoms with Gasteiger partial charge in [0.25, 0.3) is 5.56 Å². The van der Waals surface area contributed by atoms with Crippen LogP contribution >= 0.6 is 0 Å². The monoisotopic (exact) mass is 377 g/mol. The molecule has 0 saturated heterocycles. The number of benzene rings is 1. The van der Waals surface area contributed by atoms with Gasteiger partial charge in [-0.1, -0.05) is 38.1 Å². The van der Waals surface area contributed by atoms with Crippen LogP contribution in [0.3, 0.4) is 0 Å². The van der Waals surface area contributed by atoms with E-state index in [1.54, 1.807) is 0 Å². The maximum Gasteiger partial charge on any atom is 0.251 e. The molecule has 0 aliphatic carbocycles. The van der Waals surface area contributed by atoms with Crippen molar-refractivity contribution in [3.8, 4) is 0 Å². The summed E-state index contributed by atoms with van der Waals surface area (Å²) in [6.45, 7) is 5.28. The zero-order chi connectivity index (χ0) is 19.5. The van der Waals surface area contributed by atoms with E-state index in [4.69, 9.17) is 0 Å². The van der Waals surface area contributed by atoms with Crippen molar-refractivity contribution in [2.75, 3.05) is 21.1 Å². The van der Waals surface area contributed by atoms with Crippen LogP contribution in [0.1, 0.15) is 30.9 Å². The van der Waals surface area contributed by atoms with Crippen molar-refractivity contribution in [1.82, 2.24) is 13.8 Å². The normalized spacial score (nSPS) is 12.3. The number of sulfonamides is 1. The first-order valence-electron chi connectivity index (χ1n) is 8.51. The third-order valence-corrected chi connectivity index (χ3v) is 6.03. The molecule has 7 heteroatoms. The summed E-state index contributed by atoms with van der Waals surface area (Å²) in [5, 5.41) is 0. The number of hydrogen-bond acceptors (Lipinski definition) is 4. The SMILES string of the molecule is CC(C)c1ccc(CN(C)Cn2cc(S(=O)(=O)N(C)C)ccc2=O)cc1. The van der Waals surface area contributed by atoms with E-state index in [9.17, 15) is 13.2 Å². The van der Waals surface area contributed by atoms with Gasteiger partial charge in [0.05, 0.1) is 11.6 Å². The molecular formula is C19H27N3O3S. The quantitative estimate of drug-likeness (QED) is 0.743. The molecule has 2 rings (SSSR count). The Balaban J connectivity index is 2.16. The maximum atomic E-state index is 12.3. The lowest BCUT2D eigenvalue weighted by Gasteiger charge is -2.19. The zero-order valence-electron chi connectivity index (χ0n) is 16.0. The lowest BCUT2D eigenvalue weighted by atomic mass is 10.0. The van der Waals surface area contributed by atoms with Crippen LogP contribution in [0.25, 0.3) is 0 Å². The Labute approximate surface area is 155 Å². The van der Waals surface area contributed by atoms with E-state index in [0.717, 1.165) is 9.87 Å². The van der Waals surface area contributed by atoms with Gasteiger partial charge in [-0.2, -0.15) is 0 Å². The number of pyridine rings is 1. The highest BCUT2D eigenvalue weighted by atomic mass is 32.2. The molecule has 26 heavy (non-hydrogen) atoms. The minimum absolute atomic E-state index is 0.108. The summed E-state index contributed by atoms with van der Waals surface area (Å²) >= 11 is 0. The molecule has 1 aromatic heterocycles. The van der Waals surface area contributed by atoms with Crippen LogP contribution in [0.5, 0.6) is 0 Å². The Morgan fingerprint density at radius 3 is 2.15 bits per heavy atom. The van der Waals surface area contributed by atoms with Gasteiger partial charge < -0.3 is 4.57 Å². The van der Waals surface area contributed by atoms with E-state index in [1.807, 2.05) is 11.9 Å². The molecular weight excluding hydrogens is 350 g/mol. The fraction of sp³-hybridized carbons (Fsp3) is 0.421. The average molecular weight is 378 g/mol. The topological polar surface area (TPSA) is 62.6 Å².